The molecule has 0 unspecified atom stereocenters. The quantitative estimate of drug-likeness (QED) is 0.476. The molecule has 7 heavy (non-hydrogen) atoms. The molecule has 0 bridgehead atoms. The first kappa shape index (κ1) is 40.7. The zero-order valence-corrected chi connectivity index (χ0v) is 7.23. The van der Waals surface area contributed by atoms with Gasteiger partial charge in [-0.1, -0.05) is 0 Å². The van der Waals surface area contributed by atoms with E-state index in [2.05, 4.69) is 28.5 Å². The van der Waals surface area contributed by atoms with Crippen LogP contribution in [0.1, 0.15) is 0 Å². The minimum atomic E-state index is 0. The number of hydrogen-bond donors (Lipinski definition) is 0. The van der Waals surface area contributed by atoms with E-state index in [4.69, 9.17) is 0 Å². The molecule has 0 aliphatic carbocycles. The molecule has 0 saturated carbocycles. The Bertz CT molecular complexity index is 9.65. The summed E-state index contributed by atoms with van der Waals surface area (Å²) >= 11 is 6.00. The summed E-state index contributed by atoms with van der Waals surface area (Å²) in [6.45, 7) is 0. The van der Waals surface area contributed by atoms with Crippen LogP contribution in [0.15, 0.2) is 0 Å². The van der Waals surface area contributed by atoms with E-state index in [1.807, 2.05) is 0 Å². The van der Waals surface area contributed by atoms with Crippen molar-refractivity contribution >= 4 is 28.5 Å². The van der Waals surface area contributed by atoms with Crippen LogP contribution in [-0.2, 0) is 10.9 Å². The van der Waals surface area contributed by atoms with E-state index in [-0.39, 0.29) is 21.9 Å². The fraction of sp³-hybridized carbons (Fsp3) is 0. The standard InChI is InChI=1S/2BrH.Ni.4H2O/h2*1H;;4*1H2/q;;+2;;;;/p-2. The van der Waals surface area contributed by atoms with Gasteiger partial charge in [0.2, 0.25) is 0 Å². The van der Waals surface area contributed by atoms with E-state index in [1.165, 1.54) is 10.9 Å². The number of hydrogen-bond acceptors (Lipinski definition) is 0. The molecule has 0 aromatic heterocycles. The molecule has 8 N–H and O–H groups in total. The van der Waals surface area contributed by atoms with Crippen LogP contribution in [0, 0.1) is 0 Å². The van der Waals surface area contributed by atoms with Crippen molar-refractivity contribution in [3.05, 3.63) is 0 Å². The van der Waals surface area contributed by atoms with Gasteiger partial charge in [0.05, 0.1) is 0 Å². The third-order valence-electron chi connectivity index (χ3n) is 0. The molecule has 0 atom stereocenters. The molecule has 4 nitrogen and oxygen atoms in total. The molecule has 0 aromatic carbocycles. The van der Waals surface area contributed by atoms with E-state index < -0.39 is 0 Å². The van der Waals surface area contributed by atoms with E-state index in [0.717, 1.165) is 0 Å². The van der Waals surface area contributed by atoms with Crippen molar-refractivity contribution in [3.63, 3.8) is 0 Å². The van der Waals surface area contributed by atoms with Gasteiger partial charge in [-0.3, -0.25) is 0 Å². The zero-order chi connectivity index (χ0) is 2.71. The van der Waals surface area contributed by atoms with Crippen molar-refractivity contribution in [3.8, 4) is 0 Å². The van der Waals surface area contributed by atoms with Crippen molar-refractivity contribution in [1.82, 2.24) is 0 Å². The monoisotopic (exact) mass is 288 g/mol. The molecule has 0 heterocycles. The molecule has 0 aromatic rings. The van der Waals surface area contributed by atoms with Crippen LogP contribution in [0.4, 0.5) is 0 Å². The summed E-state index contributed by atoms with van der Waals surface area (Å²) in [5.74, 6) is 0. The molecule has 56 valence electrons. The fourth-order valence-corrected chi connectivity index (χ4v) is 0. The van der Waals surface area contributed by atoms with Gasteiger partial charge in [-0.05, 0) is 0 Å². The second-order valence-corrected chi connectivity index (χ2v) is 5.03. The molecular formula is H8Br2NiO4. The molecule has 0 radical (unpaired) electrons. The average Bonchev–Trinajstić information content (AvgIpc) is 0.918. The van der Waals surface area contributed by atoms with E-state index in [0.29, 0.717) is 0 Å². The Labute approximate surface area is 61.3 Å². The van der Waals surface area contributed by atoms with Gasteiger partial charge in [0.25, 0.3) is 0 Å². The maximum atomic E-state index is 3.00. The van der Waals surface area contributed by atoms with Gasteiger partial charge in [-0.15, -0.1) is 0 Å². The Morgan fingerprint density at radius 2 is 0.714 bits per heavy atom. The third kappa shape index (κ3) is 122. The van der Waals surface area contributed by atoms with Crippen molar-refractivity contribution in [2.45, 2.75) is 0 Å². The summed E-state index contributed by atoms with van der Waals surface area (Å²) in [5, 5.41) is 0. The predicted octanol–water partition coefficient (Wildman–Crippen LogP) is -1.61. The summed E-state index contributed by atoms with van der Waals surface area (Å²) in [6.07, 6.45) is 0. The van der Waals surface area contributed by atoms with Crippen molar-refractivity contribution < 1.29 is 32.8 Å². The Balaban J connectivity index is -0.00000000333. The van der Waals surface area contributed by atoms with Crippen molar-refractivity contribution in [2.75, 3.05) is 0 Å². The summed E-state index contributed by atoms with van der Waals surface area (Å²) in [5.41, 5.74) is 0. The van der Waals surface area contributed by atoms with Gasteiger partial charge in [-0.25, -0.2) is 0 Å². The van der Waals surface area contributed by atoms with Gasteiger partial charge >= 0.3 is 39.3 Å². The summed E-state index contributed by atoms with van der Waals surface area (Å²) < 4.78 is 0. The maximum absolute atomic E-state index is 3.00. The van der Waals surface area contributed by atoms with E-state index in [9.17, 15) is 0 Å². The van der Waals surface area contributed by atoms with E-state index in [1.54, 1.807) is 0 Å². The Morgan fingerprint density at radius 1 is 0.714 bits per heavy atom. The Kier molecular flexibility index (Phi) is 319. The molecule has 7 heteroatoms. The summed E-state index contributed by atoms with van der Waals surface area (Å²) in [7, 11) is 1.25. The van der Waals surface area contributed by atoms with Crippen LogP contribution >= 0.6 is 28.5 Å². The van der Waals surface area contributed by atoms with Gasteiger partial charge in [0, 0.05) is 0 Å². The van der Waals surface area contributed by atoms with Gasteiger partial charge in [-0.2, -0.15) is 0 Å². The summed E-state index contributed by atoms with van der Waals surface area (Å²) in [4.78, 5) is 0. The van der Waals surface area contributed by atoms with Crippen LogP contribution in [0.3, 0.4) is 0 Å². The topological polar surface area (TPSA) is 126 Å². The van der Waals surface area contributed by atoms with Crippen molar-refractivity contribution in [2.24, 2.45) is 0 Å². The second kappa shape index (κ2) is 54.9. The molecule has 0 amide bonds. The number of rotatable bonds is 0. The zero-order valence-electron chi connectivity index (χ0n) is 3.07. The van der Waals surface area contributed by atoms with Crippen LogP contribution < -0.4 is 0 Å². The molecule has 0 rings (SSSR count). The Morgan fingerprint density at radius 3 is 0.714 bits per heavy atom. The first-order chi connectivity index (χ1) is 1.41. The van der Waals surface area contributed by atoms with Gasteiger partial charge < -0.3 is 21.9 Å². The Hall–Kier alpha value is 1.29. The van der Waals surface area contributed by atoms with Gasteiger partial charge in [0.15, 0.2) is 0 Å². The first-order valence-electron chi connectivity index (χ1n) is 0.239. The van der Waals surface area contributed by atoms with Crippen LogP contribution in [0.25, 0.3) is 0 Å². The van der Waals surface area contributed by atoms with Crippen LogP contribution in [0.5, 0.6) is 0 Å². The molecule has 0 aliphatic heterocycles. The third-order valence-corrected chi connectivity index (χ3v) is 0. The molecular weight excluding hydrogens is 282 g/mol. The molecule has 0 fully saturated rings. The second-order valence-electron chi connectivity index (χ2n) is 0.0452. The SMILES string of the molecule is O.O.O.O.[Br][Ni][Br]. The first-order valence-corrected chi connectivity index (χ1v) is 5.12. The summed E-state index contributed by atoms with van der Waals surface area (Å²) in [6, 6.07) is 0. The van der Waals surface area contributed by atoms with Crippen LogP contribution in [-0.4, -0.2) is 21.9 Å². The predicted molar refractivity (Wildman–Crippen MR) is 32.3 cm³/mol. The fourth-order valence-electron chi connectivity index (χ4n) is 0. The minimum absolute atomic E-state index is 0. The van der Waals surface area contributed by atoms with Crippen LogP contribution in [0.2, 0.25) is 0 Å². The van der Waals surface area contributed by atoms with Gasteiger partial charge in [0.1, 0.15) is 0 Å². The molecule has 0 saturated heterocycles. The average molecular weight is 291 g/mol. The van der Waals surface area contributed by atoms with E-state index >= 15 is 0 Å². The normalized spacial score (nSPS) is 3.14. The molecule has 0 aliphatic rings. The number of halogens is 2. The van der Waals surface area contributed by atoms with Crippen molar-refractivity contribution in [1.29, 1.82) is 0 Å². The molecule has 0 spiro atoms.